The maximum Gasteiger partial charge on any atom is 0.339 e. The molecule has 0 saturated heterocycles. The molecule has 0 saturated carbocycles. The number of carbonyl (C=O) groups is 1. The minimum absolute atomic E-state index is 0.129. The topological polar surface area (TPSA) is 96.2 Å². The fourth-order valence-corrected chi connectivity index (χ4v) is 2.56. The van der Waals surface area contributed by atoms with Crippen molar-refractivity contribution in [2.75, 3.05) is 0 Å². The molecular weight excluding hydrogens is 280 g/mol. The summed E-state index contributed by atoms with van der Waals surface area (Å²) in [5.41, 5.74) is 0.657. The van der Waals surface area contributed by atoms with Crippen molar-refractivity contribution in [1.82, 2.24) is 9.97 Å². The molecule has 20 heavy (non-hydrogen) atoms. The summed E-state index contributed by atoms with van der Waals surface area (Å²) >= 11 is 1.24. The zero-order valence-electron chi connectivity index (χ0n) is 10.9. The van der Waals surface area contributed by atoms with E-state index in [9.17, 15) is 9.59 Å². The lowest BCUT2D eigenvalue weighted by molar-refractivity contribution is 0.0695. The van der Waals surface area contributed by atoms with E-state index in [1.54, 1.807) is 0 Å². The molecule has 6 nitrogen and oxygen atoms in total. The highest BCUT2D eigenvalue weighted by Gasteiger charge is 2.14. The molecule has 0 amide bonds. The third-order valence-electron chi connectivity index (χ3n) is 2.59. The predicted molar refractivity (Wildman–Crippen MR) is 74.1 cm³/mol. The fourth-order valence-electron chi connectivity index (χ4n) is 1.71. The van der Waals surface area contributed by atoms with E-state index in [1.165, 1.54) is 30.2 Å². The van der Waals surface area contributed by atoms with E-state index in [1.807, 2.05) is 6.92 Å². The Labute approximate surface area is 119 Å². The Kier molecular flexibility index (Phi) is 4.62. The molecule has 0 spiro atoms. The summed E-state index contributed by atoms with van der Waals surface area (Å²) in [6.45, 7) is 2.01. The zero-order chi connectivity index (χ0) is 14.5. The lowest BCUT2D eigenvalue weighted by Gasteiger charge is -2.02. The molecule has 0 fully saturated rings. The molecule has 0 aliphatic carbocycles. The molecule has 2 rings (SSSR count). The summed E-state index contributed by atoms with van der Waals surface area (Å²) < 4.78 is 5.13. The molecule has 0 radical (unpaired) electrons. The number of nitrogens with one attached hydrogen (secondary N) is 1. The Morgan fingerprint density at radius 1 is 1.55 bits per heavy atom. The number of aromatic amines is 1. The van der Waals surface area contributed by atoms with Gasteiger partial charge in [0.2, 0.25) is 0 Å². The van der Waals surface area contributed by atoms with E-state index in [4.69, 9.17) is 9.52 Å². The first kappa shape index (κ1) is 14.4. The Morgan fingerprint density at radius 3 is 3.05 bits per heavy atom. The van der Waals surface area contributed by atoms with Crippen molar-refractivity contribution in [1.29, 1.82) is 0 Å². The van der Waals surface area contributed by atoms with Crippen LogP contribution in [-0.2, 0) is 12.2 Å². The van der Waals surface area contributed by atoms with Gasteiger partial charge < -0.3 is 14.5 Å². The molecular formula is C13H14N2O4S. The number of hydrogen-bond donors (Lipinski definition) is 2. The highest BCUT2D eigenvalue weighted by molar-refractivity contribution is 7.98. The first-order chi connectivity index (χ1) is 9.60. The van der Waals surface area contributed by atoms with Gasteiger partial charge in [-0.25, -0.2) is 9.78 Å². The number of furan rings is 1. The molecule has 2 aromatic rings. The Bertz CT molecular complexity index is 662. The third kappa shape index (κ3) is 3.51. The number of aromatic nitrogens is 2. The van der Waals surface area contributed by atoms with Crippen LogP contribution < -0.4 is 5.56 Å². The van der Waals surface area contributed by atoms with Crippen LogP contribution >= 0.6 is 11.8 Å². The van der Waals surface area contributed by atoms with E-state index in [0.29, 0.717) is 16.7 Å². The van der Waals surface area contributed by atoms with Gasteiger partial charge >= 0.3 is 5.97 Å². The van der Waals surface area contributed by atoms with Gasteiger partial charge in [0.1, 0.15) is 11.3 Å². The number of aryl methyl sites for hydroxylation is 1. The summed E-state index contributed by atoms with van der Waals surface area (Å²) in [5.74, 6) is -0.380. The molecule has 0 aromatic carbocycles. The molecule has 0 bridgehead atoms. The van der Waals surface area contributed by atoms with Gasteiger partial charge in [-0.1, -0.05) is 25.1 Å². The summed E-state index contributed by atoms with van der Waals surface area (Å²) in [6.07, 6.45) is 2.98. The SMILES string of the molecule is CCCc1cc(=O)[nH]c(SCc2occc2C(=O)O)n1. The van der Waals surface area contributed by atoms with Crippen LogP contribution in [0.3, 0.4) is 0 Å². The quantitative estimate of drug-likeness (QED) is 0.627. The molecule has 7 heteroatoms. The molecule has 2 aromatic heterocycles. The van der Waals surface area contributed by atoms with Crippen molar-refractivity contribution >= 4 is 17.7 Å². The highest BCUT2D eigenvalue weighted by Crippen LogP contribution is 2.22. The second-order valence-electron chi connectivity index (χ2n) is 4.14. The summed E-state index contributed by atoms with van der Waals surface area (Å²) in [4.78, 5) is 29.4. The van der Waals surface area contributed by atoms with E-state index in [-0.39, 0.29) is 11.1 Å². The van der Waals surface area contributed by atoms with Gasteiger partial charge in [-0.3, -0.25) is 4.79 Å². The van der Waals surface area contributed by atoms with Crippen LogP contribution in [0.1, 0.15) is 35.2 Å². The van der Waals surface area contributed by atoms with Gasteiger partial charge in [0.15, 0.2) is 5.16 Å². The second kappa shape index (κ2) is 6.42. The molecule has 2 heterocycles. The number of carboxylic acid groups (broad SMARTS) is 1. The Balaban J connectivity index is 2.12. The molecule has 0 aliphatic heterocycles. The number of thioether (sulfide) groups is 1. The summed E-state index contributed by atoms with van der Waals surface area (Å²) in [6, 6.07) is 2.88. The van der Waals surface area contributed by atoms with Crippen LogP contribution in [-0.4, -0.2) is 21.0 Å². The maximum atomic E-state index is 11.5. The van der Waals surface area contributed by atoms with Crippen LogP contribution in [0, 0.1) is 0 Å². The molecule has 106 valence electrons. The number of aromatic carboxylic acids is 1. The van der Waals surface area contributed by atoms with Crippen molar-refractivity contribution in [3.63, 3.8) is 0 Å². The first-order valence-electron chi connectivity index (χ1n) is 6.13. The molecule has 0 aliphatic rings. The zero-order valence-corrected chi connectivity index (χ0v) is 11.7. The van der Waals surface area contributed by atoms with E-state index in [0.717, 1.165) is 18.5 Å². The van der Waals surface area contributed by atoms with Crippen molar-refractivity contribution in [3.05, 3.63) is 45.8 Å². The largest absolute Gasteiger partial charge is 0.478 e. The molecule has 0 atom stereocenters. The molecule has 0 unspecified atom stereocenters. The number of carboxylic acids is 1. The van der Waals surface area contributed by atoms with Gasteiger partial charge in [0, 0.05) is 11.8 Å². The Hall–Kier alpha value is -2.02. The van der Waals surface area contributed by atoms with Gasteiger partial charge in [-0.2, -0.15) is 0 Å². The van der Waals surface area contributed by atoms with Gasteiger partial charge in [-0.15, -0.1) is 0 Å². The van der Waals surface area contributed by atoms with E-state index in [2.05, 4.69) is 9.97 Å². The first-order valence-corrected chi connectivity index (χ1v) is 7.11. The predicted octanol–water partition coefficient (Wildman–Crippen LogP) is 2.31. The van der Waals surface area contributed by atoms with Crippen molar-refractivity contribution < 1.29 is 14.3 Å². The van der Waals surface area contributed by atoms with Gasteiger partial charge in [0.05, 0.1) is 12.0 Å². The molecule has 2 N–H and O–H groups in total. The van der Waals surface area contributed by atoms with Crippen LogP contribution in [0.25, 0.3) is 0 Å². The second-order valence-corrected chi connectivity index (χ2v) is 5.11. The highest BCUT2D eigenvalue weighted by atomic mass is 32.2. The maximum absolute atomic E-state index is 11.5. The summed E-state index contributed by atoms with van der Waals surface area (Å²) in [7, 11) is 0. The van der Waals surface area contributed by atoms with Crippen LogP contribution in [0.4, 0.5) is 0 Å². The lowest BCUT2D eigenvalue weighted by atomic mass is 10.2. The normalized spacial score (nSPS) is 10.7. The average molecular weight is 294 g/mol. The van der Waals surface area contributed by atoms with Crippen LogP contribution in [0.15, 0.2) is 32.8 Å². The van der Waals surface area contributed by atoms with Crippen LogP contribution in [0.5, 0.6) is 0 Å². The van der Waals surface area contributed by atoms with Crippen molar-refractivity contribution in [3.8, 4) is 0 Å². The van der Waals surface area contributed by atoms with E-state index < -0.39 is 5.97 Å². The smallest absolute Gasteiger partial charge is 0.339 e. The van der Waals surface area contributed by atoms with Crippen LogP contribution in [0.2, 0.25) is 0 Å². The fraction of sp³-hybridized carbons (Fsp3) is 0.308. The average Bonchev–Trinajstić information content (AvgIpc) is 2.84. The number of H-pyrrole nitrogens is 1. The standard InChI is InChI=1S/C13H14N2O4S/c1-2-3-8-6-11(16)15-13(14-8)20-7-10-9(12(17)18)4-5-19-10/h4-6H,2-3,7H2,1H3,(H,17,18)(H,14,15,16). The number of hydrogen-bond acceptors (Lipinski definition) is 5. The number of nitrogens with zero attached hydrogens (tertiary/aromatic N) is 1. The number of rotatable bonds is 6. The lowest BCUT2D eigenvalue weighted by Crippen LogP contribution is -2.10. The minimum atomic E-state index is -1.03. The van der Waals surface area contributed by atoms with Crippen molar-refractivity contribution in [2.24, 2.45) is 0 Å². The van der Waals surface area contributed by atoms with Crippen molar-refractivity contribution in [2.45, 2.75) is 30.7 Å². The monoisotopic (exact) mass is 294 g/mol. The third-order valence-corrected chi connectivity index (χ3v) is 3.47. The van der Waals surface area contributed by atoms with E-state index >= 15 is 0 Å². The summed E-state index contributed by atoms with van der Waals surface area (Å²) in [5, 5.41) is 9.43. The van der Waals surface area contributed by atoms with Gasteiger partial charge in [0.25, 0.3) is 5.56 Å². The minimum Gasteiger partial charge on any atom is -0.478 e. The van der Waals surface area contributed by atoms with Gasteiger partial charge in [-0.05, 0) is 12.5 Å². The Morgan fingerprint density at radius 2 is 2.35 bits per heavy atom.